The summed E-state index contributed by atoms with van der Waals surface area (Å²) in [6, 6.07) is 0. The zero-order chi connectivity index (χ0) is 12.0. The van der Waals surface area contributed by atoms with Crippen LogP contribution in [0.3, 0.4) is 0 Å². The monoisotopic (exact) mass is 226 g/mol. The van der Waals surface area contributed by atoms with Gasteiger partial charge in [-0.15, -0.1) is 0 Å². The standard InChI is InChI=1S/C12H22N2O2/c1-10(2)5-3-4-7-14-8-6-11(15)13-9-12(14)16/h10H,3-9H2,1-2H3,(H,13,15). The maximum atomic E-state index is 11.6. The summed E-state index contributed by atoms with van der Waals surface area (Å²) in [5.74, 6) is 0.761. The van der Waals surface area contributed by atoms with Crippen LogP contribution < -0.4 is 5.32 Å². The number of hydrogen-bond donors (Lipinski definition) is 1. The van der Waals surface area contributed by atoms with Crippen LogP contribution in [-0.2, 0) is 9.59 Å². The van der Waals surface area contributed by atoms with E-state index in [0.29, 0.717) is 13.0 Å². The number of unbranched alkanes of at least 4 members (excludes halogenated alkanes) is 1. The summed E-state index contributed by atoms with van der Waals surface area (Å²) in [5, 5.41) is 2.60. The van der Waals surface area contributed by atoms with Crippen molar-refractivity contribution in [1.82, 2.24) is 10.2 Å². The first kappa shape index (κ1) is 13.0. The molecule has 1 saturated heterocycles. The number of amides is 2. The van der Waals surface area contributed by atoms with Crippen LogP contribution >= 0.6 is 0 Å². The molecule has 1 aliphatic rings. The fraction of sp³-hybridized carbons (Fsp3) is 0.833. The van der Waals surface area contributed by atoms with Crippen LogP contribution in [0.5, 0.6) is 0 Å². The summed E-state index contributed by atoms with van der Waals surface area (Å²) in [5.41, 5.74) is 0. The predicted molar refractivity (Wildman–Crippen MR) is 62.9 cm³/mol. The molecular weight excluding hydrogens is 204 g/mol. The second kappa shape index (κ2) is 6.51. The summed E-state index contributed by atoms with van der Waals surface area (Å²) < 4.78 is 0. The number of rotatable bonds is 5. The Morgan fingerprint density at radius 1 is 1.31 bits per heavy atom. The maximum Gasteiger partial charge on any atom is 0.241 e. The number of nitrogens with one attached hydrogen (secondary N) is 1. The van der Waals surface area contributed by atoms with Crippen molar-refractivity contribution in [3.8, 4) is 0 Å². The van der Waals surface area contributed by atoms with Crippen molar-refractivity contribution in [3.63, 3.8) is 0 Å². The molecule has 0 aromatic heterocycles. The molecule has 0 bridgehead atoms. The van der Waals surface area contributed by atoms with Crippen LogP contribution in [0, 0.1) is 5.92 Å². The first-order chi connectivity index (χ1) is 7.59. The van der Waals surface area contributed by atoms with Gasteiger partial charge in [0.25, 0.3) is 0 Å². The molecule has 0 saturated carbocycles. The number of nitrogens with zero attached hydrogens (tertiary/aromatic N) is 1. The number of hydrogen-bond acceptors (Lipinski definition) is 2. The topological polar surface area (TPSA) is 49.4 Å². The molecule has 0 radical (unpaired) electrons. The van der Waals surface area contributed by atoms with Crippen molar-refractivity contribution >= 4 is 11.8 Å². The van der Waals surface area contributed by atoms with Gasteiger partial charge < -0.3 is 10.2 Å². The molecular formula is C12H22N2O2. The van der Waals surface area contributed by atoms with Gasteiger partial charge in [-0.25, -0.2) is 0 Å². The molecule has 2 amide bonds. The van der Waals surface area contributed by atoms with Crippen molar-refractivity contribution in [2.45, 2.75) is 39.5 Å². The van der Waals surface area contributed by atoms with Crippen LogP contribution in [-0.4, -0.2) is 36.3 Å². The molecule has 0 aliphatic carbocycles. The first-order valence-corrected chi connectivity index (χ1v) is 6.14. The van der Waals surface area contributed by atoms with Crippen molar-refractivity contribution in [1.29, 1.82) is 0 Å². The highest BCUT2D eigenvalue weighted by molar-refractivity contribution is 5.87. The van der Waals surface area contributed by atoms with E-state index in [9.17, 15) is 9.59 Å². The van der Waals surface area contributed by atoms with Crippen LogP contribution in [0.4, 0.5) is 0 Å². The third-order valence-corrected chi connectivity index (χ3v) is 2.86. The molecule has 0 aromatic carbocycles. The molecule has 1 aliphatic heterocycles. The highest BCUT2D eigenvalue weighted by atomic mass is 16.2. The van der Waals surface area contributed by atoms with Gasteiger partial charge in [0.1, 0.15) is 0 Å². The summed E-state index contributed by atoms with van der Waals surface area (Å²) >= 11 is 0. The lowest BCUT2D eigenvalue weighted by atomic mass is 10.1. The van der Waals surface area contributed by atoms with E-state index in [-0.39, 0.29) is 18.4 Å². The molecule has 92 valence electrons. The molecule has 1 fully saturated rings. The summed E-state index contributed by atoms with van der Waals surface area (Å²) in [6.07, 6.45) is 3.84. The maximum absolute atomic E-state index is 11.6. The Bertz CT molecular complexity index is 251. The average Bonchev–Trinajstić information content (AvgIpc) is 2.38. The van der Waals surface area contributed by atoms with Gasteiger partial charge in [-0.1, -0.05) is 26.7 Å². The molecule has 0 aromatic rings. The summed E-state index contributed by atoms with van der Waals surface area (Å²) in [6.45, 7) is 5.95. The Balaban J connectivity index is 2.24. The second-order valence-electron chi connectivity index (χ2n) is 4.80. The zero-order valence-electron chi connectivity index (χ0n) is 10.3. The van der Waals surface area contributed by atoms with Gasteiger partial charge >= 0.3 is 0 Å². The molecule has 1 N–H and O–H groups in total. The average molecular weight is 226 g/mol. The zero-order valence-corrected chi connectivity index (χ0v) is 10.3. The number of carbonyl (C=O) groups excluding carboxylic acids is 2. The molecule has 1 rings (SSSR count). The Labute approximate surface area is 97.4 Å². The molecule has 1 heterocycles. The minimum Gasteiger partial charge on any atom is -0.347 e. The van der Waals surface area contributed by atoms with E-state index in [0.717, 1.165) is 25.3 Å². The van der Waals surface area contributed by atoms with Crippen LogP contribution in [0.2, 0.25) is 0 Å². The van der Waals surface area contributed by atoms with Gasteiger partial charge in [0.2, 0.25) is 11.8 Å². The lowest BCUT2D eigenvalue weighted by Gasteiger charge is -2.19. The van der Waals surface area contributed by atoms with Gasteiger partial charge in [-0.05, 0) is 12.3 Å². The molecule has 4 heteroatoms. The van der Waals surface area contributed by atoms with Gasteiger partial charge in [0, 0.05) is 19.5 Å². The van der Waals surface area contributed by atoms with Crippen molar-refractivity contribution in [2.75, 3.05) is 19.6 Å². The first-order valence-electron chi connectivity index (χ1n) is 6.14. The van der Waals surface area contributed by atoms with E-state index in [4.69, 9.17) is 0 Å². The second-order valence-corrected chi connectivity index (χ2v) is 4.80. The van der Waals surface area contributed by atoms with Gasteiger partial charge in [-0.3, -0.25) is 9.59 Å². The third-order valence-electron chi connectivity index (χ3n) is 2.86. The van der Waals surface area contributed by atoms with E-state index in [1.54, 1.807) is 4.90 Å². The van der Waals surface area contributed by atoms with Gasteiger partial charge in [0.05, 0.1) is 6.54 Å². The fourth-order valence-corrected chi connectivity index (χ4v) is 1.83. The normalized spacial score (nSPS) is 17.6. The minimum absolute atomic E-state index is 0.0157. The van der Waals surface area contributed by atoms with E-state index < -0.39 is 0 Å². The summed E-state index contributed by atoms with van der Waals surface area (Å²) in [4.78, 5) is 24.5. The Morgan fingerprint density at radius 2 is 2.06 bits per heavy atom. The van der Waals surface area contributed by atoms with Crippen LogP contribution in [0.25, 0.3) is 0 Å². The number of carbonyl (C=O) groups is 2. The Hall–Kier alpha value is -1.06. The molecule has 0 spiro atoms. The van der Waals surface area contributed by atoms with E-state index in [2.05, 4.69) is 19.2 Å². The lowest BCUT2D eigenvalue weighted by molar-refractivity contribution is -0.130. The third kappa shape index (κ3) is 4.64. The van der Waals surface area contributed by atoms with Gasteiger partial charge in [-0.2, -0.15) is 0 Å². The van der Waals surface area contributed by atoms with Crippen molar-refractivity contribution in [2.24, 2.45) is 5.92 Å². The highest BCUT2D eigenvalue weighted by Crippen LogP contribution is 2.08. The SMILES string of the molecule is CC(C)CCCCN1CCC(=O)NCC1=O. The fourth-order valence-electron chi connectivity index (χ4n) is 1.83. The molecule has 4 nitrogen and oxygen atoms in total. The van der Waals surface area contributed by atoms with Crippen LogP contribution in [0.1, 0.15) is 39.5 Å². The molecule has 0 atom stereocenters. The van der Waals surface area contributed by atoms with Crippen LogP contribution in [0.15, 0.2) is 0 Å². The van der Waals surface area contributed by atoms with E-state index >= 15 is 0 Å². The summed E-state index contributed by atoms with van der Waals surface area (Å²) in [7, 11) is 0. The lowest BCUT2D eigenvalue weighted by Crippen LogP contribution is -2.35. The largest absolute Gasteiger partial charge is 0.347 e. The highest BCUT2D eigenvalue weighted by Gasteiger charge is 2.19. The van der Waals surface area contributed by atoms with Gasteiger partial charge in [0.15, 0.2) is 0 Å². The predicted octanol–water partition coefficient (Wildman–Crippen LogP) is 1.16. The molecule has 0 unspecified atom stereocenters. The minimum atomic E-state index is -0.0157. The van der Waals surface area contributed by atoms with E-state index in [1.807, 2.05) is 0 Å². The van der Waals surface area contributed by atoms with Crippen molar-refractivity contribution < 1.29 is 9.59 Å². The van der Waals surface area contributed by atoms with E-state index in [1.165, 1.54) is 6.42 Å². The molecule has 16 heavy (non-hydrogen) atoms. The Kier molecular flexibility index (Phi) is 5.29. The van der Waals surface area contributed by atoms with Crippen molar-refractivity contribution in [3.05, 3.63) is 0 Å². The smallest absolute Gasteiger partial charge is 0.241 e. The Morgan fingerprint density at radius 3 is 2.75 bits per heavy atom. The quantitative estimate of drug-likeness (QED) is 0.715.